The number of aryl methyl sites for hydroxylation is 1. The molecule has 2 amide bonds. The third kappa shape index (κ3) is 7.51. The van der Waals surface area contributed by atoms with Crippen LogP contribution in [-0.4, -0.2) is 33.6 Å². The Morgan fingerprint density at radius 3 is 2.66 bits per heavy atom. The fourth-order valence-electron chi connectivity index (χ4n) is 4.67. The molecule has 0 saturated heterocycles. The SMILES string of the molecule is CCC(=O)CCCCC[C@H](NC(=O)CCc1c[nH]c2ccccc12)C(=O)NCc1cnc2ccccc2c1. The molecule has 4 aromatic rings. The number of rotatable bonds is 14. The van der Waals surface area contributed by atoms with E-state index in [0.29, 0.717) is 38.6 Å². The van der Waals surface area contributed by atoms with E-state index in [1.165, 1.54) is 0 Å². The van der Waals surface area contributed by atoms with Gasteiger partial charge in [-0.1, -0.05) is 56.2 Å². The van der Waals surface area contributed by atoms with Crippen LogP contribution in [0.15, 0.2) is 67.0 Å². The number of carbonyl (C=O) groups is 3. The highest BCUT2D eigenvalue weighted by atomic mass is 16.2. The van der Waals surface area contributed by atoms with E-state index in [1.807, 2.05) is 67.7 Å². The molecule has 2 heterocycles. The number of aromatic amines is 1. The summed E-state index contributed by atoms with van der Waals surface area (Å²) in [6, 6.07) is 17.3. The summed E-state index contributed by atoms with van der Waals surface area (Å²) in [5.74, 6) is -0.0962. The van der Waals surface area contributed by atoms with Crippen molar-refractivity contribution in [2.75, 3.05) is 0 Å². The number of nitrogens with zero attached hydrogens (tertiary/aromatic N) is 1. The Bertz CT molecular complexity index is 1390. The first-order valence-electron chi connectivity index (χ1n) is 13.5. The van der Waals surface area contributed by atoms with Crippen molar-refractivity contribution in [1.82, 2.24) is 20.6 Å². The molecule has 4 rings (SSSR count). The molecule has 0 radical (unpaired) electrons. The first-order valence-corrected chi connectivity index (χ1v) is 13.5. The zero-order valence-electron chi connectivity index (χ0n) is 22.0. The van der Waals surface area contributed by atoms with Crippen LogP contribution in [0.25, 0.3) is 21.8 Å². The lowest BCUT2D eigenvalue weighted by molar-refractivity contribution is -0.129. The molecule has 0 spiro atoms. The number of carbonyl (C=O) groups excluding carboxylic acids is 3. The van der Waals surface area contributed by atoms with Gasteiger partial charge in [0.05, 0.1) is 5.52 Å². The Hall–Kier alpha value is -4.00. The minimum Gasteiger partial charge on any atom is -0.361 e. The maximum Gasteiger partial charge on any atom is 0.242 e. The van der Waals surface area contributed by atoms with Crippen molar-refractivity contribution in [1.29, 1.82) is 0 Å². The number of unbranched alkanes of at least 4 members (excludes halogenated alkanes) is 2. The first kappa shape index (κ1) is 27.0. The fraction of sp³-hybridized carbons (Fsp3) is 0.355. The number of Topliss-reactive ketones (excluding diaryl/α,β-unsaturated/α-hetero) is 1. The number of para-hydroxylation sites is 2. The lowest BCUT2D eigenvalue weighted by atomic mass is 10.0. The second-order valence-corrected chi connectivity index (χ2v) is 9.73. The number of hydrogen-bond acceptors (Lipinski definition) is 4. The van der Waals surface area contributed by atoms with Crippen LogP contribution < -0.4 is 10.6 Å². The molecule has 1 atom stereocenters. The molecular formula is C31H36N4O3. The van der Waals surface area contributed by atoms with E-state index in [2.05, 4.69) is 20.6 Å². The monoisotopic (exact) mass is 512 g/mol. The minimum absolute atomic E-state index is 0.149. The van der Waals surface area contributed by atoms with Crippen molar-refractivity contribution in [3.63, 3.8) is 0 Å². The Balaban J connectivity index is 1.33. The van der Waals surface area contributed by atoms with Crippen LogP contribution in [0, 0.1) is 0 Å². The second kappa shape index (κ2) is 13.5. The molecule has 0 unspecified atom stereocenters. The quantitative estimate of drug-likeness (QED) is 0.197. The van der Waals surface area contributed by atoms with Gasteiger partial charge in [-0.2, -0.15) is 0 Å². The largest absolute Gasteiger partial charge is 0.361 e. The summed E-state index contributed by atoms with van der Waals surface area (Å²) in [4.78, 5) is 45.3. The smallest absolute Gasteiger partial charge is 0.242 e. The van der Waals surface area contributed by atoms with Crippen LogP contribution in [0.4, 0.5) is 0 Å². The zero-order valence-corrected chi connectivity index (χ0v) is 22.0. The molecule has 7 nitrogen and oxygen atoms in total. The van der Waals surface area contributed by atoms with Crippen LogP contribution in [0.3, 0.4) is 0 Å². The van der Waals surface area contributed by atoms with Gasteiger partial charge in [0.15, 0.2) is 0 Å². The Kier molecular flexibility index (Phi) is 9.62. The highest BCUT2D eigenvalue weighted by molar-refractivity contribution is 5.88. The third-order valence-electron chi connectivity index (χ3n) is 6.90. The van der Waals surface area contributed by atoms with Gasteiger partial charge in [0.2, 0.25) is 11.8 Å². The predicted octanol–water partition coefficient (Wildman–Crippen LogP) is 5.38. The highest BCUT2D eigenvalue weighted by Crippen LogP contribution is 2.19. The number of amides is 2. The summed E-state index contributed by atoms with van der Waals surface area (Å²) in [5, 5.41) is 8.07. The second-order valence-electron chi connectivity index (χ2n) is 9.73. The maximum absolute atomic E-state index is 13.1. The third-order valence-corrected chi connectivity index (χ3v) is 6.90. The van der Waals surface area contributed by atoms with Gasteiger partial charge >= 0.3 is 0 Å². The summed E-state index contributed by atoms with van der Waals surface area (Å²) in [6.45, 7) is 2.21. The van der Waals surface area contributed by atoms with E-state index >= 15 is 0 Å². The average Bonchev–Trinajstić information content (AvgIpc) is 3.36. The summed E-state index contributed by atoms with van der Waals surface area (Å²) >= 11 is 0. The van der Waals surface area contributed by atoms with Crippen molar-refractivity contribution in [2.45, 2.75) is 70.9 Å². The van der Waals surface area contributed by atoms with Crippen molar-refractivity contribution in [2.24, 2.45) is 0 Å². The predicted molar refractivity (Wildman–Crippen MR) is 151 cm³/mol. The number of benzene rings is 2. The Morgan fingerprint density at radius 2 is 1.79 bits per heavy atom. The number of nitrogens with one attached hydrogen (secondary N) is 3. The average molecular weight is 513 g/mol. The molecule has 38 heavy (non-hydrogen) atoms. The molecule has 2 aromatic heterocycles. The van der Waals surface area contributed by atoms with Gasteiger partial charge in [-0.3, -0.25) is 19.4 Å². The normalized spacial score (nSPS) is 11.9. The molecule has 0 bridgehead atoms. The molecule has 3 N–H and O–H groups in total. The van der Waals surface area contributed by atoms with Gasteiger partial charge in [0.25, 0.3) is 0 Å². The molecule has 2 aromatic carbocycles. The topological polar surface area (TPSA) is 104 Å². The molecule has 0 aliphatic carbocycles. The number of hydrogen-bond donors (Lipinski definition) is 3. The van der Waals surface area contributed by atoms with Crippen molar-refractivity contribution >= 4 is 39.4 Å². The van der Waals surface area contributed by atoms with Crippen LogP contribution in [0.5, 0.6) is 0 Å². The summed E-state index contributed by atoms with van der Waals surface area (Å²) in [6.07, 6.45) is 8.65. The van der Waals surface area contributed by atoms with Gasteiger partial charge in [-0.25, -0.2) is 0 Å². The Morgan fingerprint density at radius 1 is 0.974 bits per heavy atom. The number of fused-ring (bicyclic) bond motifs is 2. The van der Waals surface area contributed by atoms with Gasteiger partial charge in [0.1, 0.15) is 11.8 Å². The van der Waals surface area contributed by atoms with Gasteiger partial charge in [-0.05, 0) is 48.6 Å². The zero-order chi connectivity index (χ0) is 26.7. The van der Waals surface area contributed by atoms with Crippen LogP contribution in [0.2, 0.25) is 0 Å². The number of aromatic nitrogens is 2. The van der Waals surface area contributed by atoms with E-state index in [-0.39, 0.29) is 17.6 Å². The summed E-state index contributed by atoms with van der Waals surface area (Å²) in [7, 11) is 0. The van der Waals surface area contributed by atoms with E-state index in [0.717, 1.165) is 52.2 Å². The van der Waals surface area contributed by atoms with Gasteiger partial charge < -0.3 is 15.6 Å². The molecular weight excluding hydrogens is 476 g/mol. The number of ketones is 1. The lowest BCUT2D eigenvalue weighted by Crippen LogP contribution is -2.46. The van der Waals surface area contributed by atoms with Gasteiger partial charge in [0, 0.05) is 54.5 Å². The van der Waals surface area contributed by atoms with Crippen molar-refractivity contribution in [3.8, 4) is 0 Å². The molecule has 198 valence electrons. The summed E-state index contributed by atoms with van der Waals surface area (Å²) < 4.78 is 0. The number of pyridine rings is 1. The Labute approximate surface area is 223 Å². The van der Waals surface area contributed by atoms with Crippen molar-refractivity contribution in [3.05, 3.63) is 78.1 Å². The lowest BCUT2D eigenvalue weighted by Gasteiger charge is -2.19. The van der Waals surface area contributed by atoms with Gasteiger partial charge in [-0.15, -0.1) is 0 Å². The first-order chi connectivity index (χ1) is 18.5. The molecule has 7 heteroatoms. The van der Waals surface area contributed by atoms with E-state index in [1.54, 1.807) is 6.20 Å². The minimum atomic E-state index is -0.624. The maximum atomic E-state index is 13.1. The highest BCUT2D eigenvalue weighted by Gasteiger charge is 2.20. The molecule has 0 fully saturated rings. The van der Waals surface area contributed by atoms with Crippen LogP contribution in [-0.2, 0) is 27.3 Å². The van der Waals surface area contributed by atoms with E-state index in [9.17, 15) is 14.4 Å². The summed E-state index contributed by atoms with van der Waals surface area (Å²) in [5.41, 5.74) is 3.94. The van der Waals surface area contributed by atoms with Crippen molar-refractivity contribution < 1.29 is 14.4 Å². The number of H-pyrrole nitrogens is 1. The molecule has 0 aliphatic heterocycles. The standard InChI is InChI=1S/C31H36N4O3/c1-2-25(36)11-4-3-5-15-29(31(38)34-20-22-18-23-10-6-8-13-27(23)32-19-22)35-30(37)17-16-24-21-33-28-14-9-7-12-26(24)28/h6-10,12-14,18-19,21,29,33H,2-5,11,15-17,20H2,1H3,(H,34,38)(H,35,37)/t29-/m0/s1. The van der Waals surface area contributed by atoms with Crippen LogP contribution in [0.1, 0.15) is 63.0 Å². The fourth-order valence-corrected chi connectivity index (χ4v) is 4.67. The van der Waals surface area contributed by atoms with E-state index in [4.69, 9.17) is 0 Å². The van der Waals surface area contributed by atoms with E-state index < -0.39 is 6.04 Å². The van der Waals surface area contributed by atoms with Crippen LogP contribution >= 0.6 is 0 Å². The molecule has 0 saturated carbocycles. The molecule has 0 aliphatic rings.